The van der Waals surface area contributed by atoms with E-state index >= 15 is 0 Å². The average molecular weight is 198 g/mol. The van der Waals surface area contributed by atoms with Crippen molar-refractivity contribution < 1.29 is 19.6 Å². The van der Waals surface area contributed by atoms with Gasteiger partial charge in [0, 0.05) is 39.0 Å². The summed E-state index contributed by atoms with van der Waals surface area (Å²) in [5.74, 6) is 0. The third-order valence-corrected chi connectivity index (χ3v) is 1.38. The molecular formula is C9H14N2O3. The van der Waals surface area contributed by atoms with Crippen LogP contribution in [0.3, 0.4) is 0 Å². The lowest BCUT2D eigenvalue weighted by Gasteiger charge is -2.08. The van der Waals surface area contributed by atoms with E-state index in [1.165, 1.54) is 5.69 Å². The van der Waals surface area contributed by atoms with Crippen LogP contribution in [0, 0.1) is 0 Å². The van der Waals surface area contributed by atoms with Crippen LogP contribution in [0.1, 0.15) is 0 Å². The fourth-order valence-corrected chi connectivity index (χ4v) is 0.676. The third kappa shape index (κ3) is 5.82. The third-order valence-electron chi connectivity index (χ3n) is 1.38. The number of carbonyl (C=O) groups is 1. The van der Waals surface area contributed by atoms with Gasteiger partial charge < -0.3 is 19.5 Å². The van der Waals surface area contributed by atoms with E-state index in [-0.39, 0.29) is 0 Å². The number of aromatic nitrogens is 1. The standard InChI is InChI=1S/C7H10N2.C2H4O3/c1-9(2)7-3-5-8-6-4-7;1-5-2(3)4/h3-6H,1-2H3;1H3,(H,3,4). The summed E-state index contributed by atoms with van der Waals surface area (Å²) in [5, 5.41) is 9.03. The van der Waals surface area contributed by atoms with Crippen LogP contribution < -0.4 is 15.0 Å². The summed E-state index contributed by atoms with van der Waals surface area (Å²) in [6.45, 7) is 0. The van der Waals surface area contributed by atoms with Gasteiger partial charge in [0.2, 0.25) is 0 Å². The van der Waals surface area contributed by atoms with Crippen LogP contribution in [-0.2, 0) is 4.74 Å². The highest BCUT2D eigenvalue weighted by Gasteiger charge is 1.91. The maximum absolute atomic E-state index is 9.03. The lowest BCUT2D eigenvalue weighted by Crippen LogP contribution is -2.21. The molecule has 14 heavy (non-hydrogen) atoms. The number of rotatable bonds is 1. The van der Waals surface area contributed by atoms with Crippen LogP contribution >= 0.6 is 0 Å². The normalized spacial score (nSPS) is 8.21. The number of hydrogen-bond acceptors (Lipinski definition) is 4. The number of ether oxygens (including phenoxy) is 1. The number of hydrogen-bond donors (Lipinski definition) is 0. The van der Waals surface area contributed by atoms with E-state index in [1.54, 1.807) is 0 Å². The van der Waals surface area contributed by atoms with Gasteiger partial charge in [-0.15, -0.1) is 0 Å². The molecule has 0 amide bonds. The Labute approximate surface area is 82.9 Å². The van der Waals surface area contributed by atoms with Crippen LogP contribution in [-0.4, -0.2) is 27.4 Å². The van der Waals surface area contributed by atoms with E-state index in [0.717, 1.165) is 7.11 Å². The summed E-state index contributed by atoms with van der Waals surface area (Å²) >= 11 is 0. The molecule has 1 heterocycles. The fraction of sp³-hybridized carbons (Fsp3) is 0.333. The second-order valence-corrected chi connectivity index (χ2v) is 2.61. The summed E-state index contributed by atoms with van der Waals surface area (Å²) in [4.78, 5) is 14.1. The molecule has 0 spiro atoms. The van der Waals surface area contributed by atoms with Gasteiger partial charge in [-0.05, 0) is 0 Å². The molecular weight excluding hydrogens is 184 g/mol. The Hall–Kier alpha value is -1.78. The van der Waals surface area contributed by atoms with E-state index in [4.69, 9.17) is 9.90 Å². The molecule has 0 aliphatic heterocycles. The molecule has 0 saturated carbocycles. The Bertz CT molecular complexity index is 262. The fourth-order valence-electron chi connectivity index (χ4n) is 0.676. The average Bonchev–Trinajstić information content (AvgIpc) is 2.20. The highest BCUT2D eigenvalue weighted by Crippen LogP contribution is 2.04. The summed E-state index contributed by atoms with van der Waals surface area (Å²) in [6.07, 6.45) is 2.33. The van der Waals surface area contributed by atoms with Crippen molar-refractivity contribution in [3.8, 4) is 0 Å². The molecule has 0 atom stereocenters. The molecule has 1 N–H and O–H groups in total. The molecule has 5 nitrogen and oxygen atoms in total. The maximum atomic E-state index is 9.03. The summed E-state index contributed by atoms with van der Waals surface area (Å²) in [5.41, 5.74) is 1.22. The Morgan fingerprint density at radius 3 is 2.07 bits per heavy atom. The predicted molar refractivity (Wildman–Crippen MR) is 49.7 cm³/mol. The van der Waals surface area contributed by atoms with E-state index in [1.807, 2.05) is 38.6 Å². The monoisotopic (exact) mass is 198 g/mol. The molecule has 0 saturated heterocycles. The molecule has 0 aliphatic carbocycles. The van der Waals surface area contributed by atoms with E-state index in [9.17, 15) is 0 Å². The first-order valence-corrected chi connectivity index (χ1v) is 3.96. The van der Waals surface area contributed by atoms with E-state index in [2.05, 4.69) is 14.6 Å². The van der Waals surface area contributed by atoms with Gasteiger partial charge in [0.25, 0.3) is 6.16 Å². The van der Waals surface area contributed by atoms with Gasteiger partial charge in [-0.1, -0.05) is 0 Å². The number of anilines is 1. The number of carboxylic acid groups (broad SMARTS) is 1. The van der Waals surface area contributed by atoms with Gasteiger partial charge in [-0.25, -0.2) is 4.98 Å². The Kier molecular flexibility index (Phi) is 5.85. The molecule has 1 rings (SSSR count). The first kappa shape index (κ1) is 12.2. The van der Waals surface area contributed by atoms with Crippen molar-refractivity contribution in [2.24, 2.45) is 0 Å². The van der Waals surface area contributed by atoms with Crippen LogP contribution in [0.25, 0.3) is 0 Å². The second kappa shape index (κ2) is 6.71. The first-order chi connectivity index (χ1) is 6.57. The van der Waals surface area contributed by atoms with Gasteiger partial charge in [0.05, 0.1) is 0 Å². The molecule has 78 valence electrons. The number of aromatic amines is 1. The zero-order valence-electron chi connectivity index (χ0n) is 8.48. The number of nitrogens with one attached hydrogen (secondary N) is 1. The van der Waals surface area contributed by atoms with Gasteiger partial charge in [0.15, 0.2) is 12.4 Å². The van der Waals surface area contributed by atoms with Crippen molar-refractivity contribution in [3.63, 3.8) is 0 Å². The molecule has 0 fully saturated rings. The maximum Gasteiger partial charge on any atom is 0.251 e. The van der Waals surface area contributed by atoms with Crippen molar-refractivity contribution in [1.82, 2.24) is 0 Å². The molecule has 1 aromatic heterocycles. The van der Waals surface area contributed by atoms with Crippen LogP contribution in [0.2, 0.25) is 0 Å². The van der Waals surface area contributed by atoms with Crippen LogP contribution in [0.4, 0.5) is 10.5 Å². The Morgan fingerprint density at radius 1 is 1.43 bits per heavy atom. The topological polar surface area (TPSA) is 66.7 Å². The predicted octanol–water partition coefficient (Wildman–Crippen LogP) is -0.457. The number of pyridine rings is 1. The van der Waals surface area contributed by atoms with Crippen LogP contribution in [0.5, 0.6) is 0 Å². The Morgan fingerprint density at radius 2 is 1.86 bits per heavy atom. The summed E-state index contributed by atoms with van der Waals surface area (Å²) < 4.78 is 3.56. The molecule has 5 heteroatoms. The zero-order chi connectivity index (χ0) is 11.0. The number of carbonyl (C=O) groups excluding carboxylic acids is 1. The van der Waals surface area contributed by atoms with Crippen molar-refractivity contribution in [2.75, 3.05) is 26.1 Å². The summed E-state index contributed by atoms with van der Waals surface area (Å²) in [6, 6.07) is 4.06. The first-order valence-electron chi connectivity index (χ1n) is 3.96. The molecule has 0 unspecified atom stereocenters. The van der Waals surface area contributed by atoms with E-state index in [0.29, 0.717) is 0 Å². The van der Waals surface area contributed by atoms with Gasteiger partial charge in [0.1, 0.15) is 0 Å². The van der Waals surface area contributed by atoms with Gasteiger partial charge >= 0.3 is 0 Å². The summed E-state index contributed by atoms with van der Waals surface area (Å²) in [7, 11) is 5.08. The largest absolute Gasteiger partial charge is 0.553 e. The van der Waals surface area contributed by atoms with Crippen molar-refractivity contribution >= 4 is 11.8 Å². The highest BCUT2D eigenvalue weighted by atomic mass is 16.6. The van der Waals surface area contributed by atoms with Crippen LogP contribution in [0.15, 0.2) is 24.5 Å². The lowest BCUT2D eigenvalue weighted by molar-refractivity contribution is -0.377. The van der Waals surface area contributed by atoms with Gasteiger partial charge in [-0.3, -0.25) is 0 Å². The van der Waals surface area contributed by atoms with Gasteiger partial charge in [-0.2, -0.15) is 0 Å². The molecule has 1 aromatic rings. The number of H-pyrrole nitrogens is 1. The van der Waals surface area contributed by atoms with E-state index < -0.39 is 6.16 Å². The lowest BCUT2D eigenvalue weighted by atomic mass is 10.4. The second-order valence-electron chi connectivity index (χ2n) is 2.61. The minimum absolute atomic E-state index is 1.04. The zero-order valence-corrected chi connectivity index (χ0v) is 8.48. The number of nitrogens with zero attached hydrogens (tertiary/aromatic N) is 1. The molecule has 0 aliphatic rings. The Balaban J connectivity index is 0.000000292. The van der Waals surface area contributed by atoms with Crippen molar-refractivity contribution in [3.05, 3.63) is 24.5 Å². The molecule has 0 bridgehead atoms. The van der Waals surface area contributed by atoms with Crippen molar-refractivity contribution in [2.45, 2.75) is 0 Å². The minimum atomic E-state index is -1.50. The molecule has 0 aromatic carbocycles. The SMILES string of the molecule is CN(C)c1cc[nH+]cc1.COC(=O)[O-]. The minimum Gasteiger partial charge on any atom is -0.553 e. The molecule has 0 radical (unpaired) electrons. The highest BCUT2D eigenvalue weighted by molar-refractivity contribution is 5.53. The smallest absolute Gasteiger partial charge is 0.251 e. The van der Waals surface area contributed by atoms with Crippen molar-refractivity contribution in [1.29, 1.82) is 0 Å². The number of methoxy groups -OCH3 is 1. The quantitative estimate of drug-likeness (QED) is 0.573.